The Balaban J connectivity index is 1.75. The summed E-state index contributed by atoms with van der Waals surface area (Å²) in [7, 11) is -3.59. The Morgan fingerprint density at radius 2 is 1.28 bits per heavy atom. The van der Waals surface area contributed by atoms with Crippen molar-refractivity contribution in [3.63, 3.8) is 0 Å². The lowest BCUT2D eigenvalue weighted by Gasteiger charge is -2.43. The van der Waals surface area contributed by atoms with Crippen LogP contribution < -0.4 is 21.2 Å². The van der Waals surface area contributed by atoms with Crippen LogP contribution in [0.25, 0.3) is 0 Å². The van der Waals surface area contributed by atoms with E-state index in [1.54, 1.807) is 78.9 Å². The first-order valence-electron chi connectivity index (χ1n) is 13.5. The Morgan fingerprint density at radius 3 is 1.81 bits per heavy atom. The molecule has 226 valence electrons. The molecule has 0 saturated carbocycles. The van der Waals surface area contributed by atoms with Crippen LogP contribution in [-0.2, 0) is 37.9 Å². The minimum Gasteiger partial charge on any atom is -0.463 e. The van der Waals surface area contributed by atoms with Crippen LogP contribution in [-0.4, -0.2) is 66.2 Å². The van der Waals surface area contributed by atoms with Crippen molar-refractivity contribution in [3.05, 3.63) is 90.5 Å². The van der Waals surface area contributed by atoms with E-state index in [-0.39, 0.29) is 10.9 Å². The van der Waals surface area contributed by atoms with E-state index in [0.717, 1.165) is 20.8 Å². The van der Waals surface area contributed by atoms with Crippen LogP contribution in [0.1, 0.15) is 31.1 Å². The highest BCUT2D eigenvalue weighted by Crippen LogP contribution is 2.43. The van der Waals surface area contributed by atoms with Gasteiger partial charge in [0.05, 0.1) is 5.56 Å². The SMILES string of the molecule is CC(=O)OCC1OC(O)C(NC(=O)c2ccccc2P(=O)(c2ccccc2)c2ccccc2)[C@@H](OC(C)=O)[C@H]1OC(C)=O. The molecule has 0 bridgehead atoms. The molecular weight excluding hydrogens is 577 g/mol. The first-order valence-corrected chi connectivity index (χ1v) is 15.2. The number of nitrogens with one attached hydrogen (secondary N) is 1. The Bertz CT molecular complexity index is 1470. The van der Waals surface area contributed by atoms with E-state index in [9.17, 15) is 24.3 Å². The zero-order chi connectivity index (χ0) is 31.1. The van der Waals surface area contributed by atoms with Gasteiger partial charge in [0.1, 0.15) is 18.8 Å². The minimum atomic E-state index is -3.59. The van der Waals surface area contributed by atoms with Crippen LogP contribution in [0.5, 0.6) is 0 Å². The molecule has 12 heteroatoms. The van der Waals surface area contributed by atoms with Gasteiger partial charge in [-0.2, -0.15) is 0 Å². The van der Waals surface area contributed by atoms with Gasteiger partial charge in [-0.25, -0.2) is 0 Å². The summed E-state index contributed by atoms with van der Waals surface area (Å²) >= 11 is 0. The first-order chi connectivity index (χ1) is 20.5. The number of carbonyl (C=O) groups excluding carboxylic acids is 4. The second-order valence-electron chi connectivity index (χ2n) is 9.81. The molecule has 5 atom stereocenters. The van der Waals surface area contributed by atoms with Crippen LogP contribution in [0.3, 0.4) is 0 Å². The molecule has 1 amide bonds. The quantitative estimate of drug-likeness (QED) is 0.208. The highest BCUT2D eigenvalue weighted by Gasteiger charge is 2.51. The van der Waals surface area contributed by atoms with Crippen molar-refractivity contribution >= 4 is 46.9 Å². The smallest absolute Gasteiger partial charge is 0.303 e. The van der Waals surface area contributed by atoms with Gasteiger partial charge in [0.15, 0.2) is 25.6 Å². The van der Waals surface area contributed by atoms with Crippen molar-refractivity contribution in [2.24, 2.45) is 0 Å². The van der Waals surface area contributed by atoms with Crippen LogP contribution >= 0.6 is 7.14 Å². The predicted molar refractivity (Wildman–Crippen MR) is 156 cm³/mol. The second-order valence-corrected chi connectivity index (χ2v) is 12.5. The van der Waals surface area contributed by atoms with Crippen LogP contribution in [0.2, 0.25) is 0 Å². The Labute approximate surface area is 248 Å². The van der Waals surface area contributed by atoms with Crippen molar-refractivity contribution in [3.8, 4) is 0 Å². The van der Waals surface area contributed by atoms with E-state index in [1.165, 1.54) is 6.07 Å². The predicted octanol–water partition coefficient (Wildman–Crippen LogP) is 1.57. The number of amides is 1. The summed E-state index contributed by atoms with van der Waals surface area (Å²) in [6.45, 7) is 2.96. The Morgan fingerprint density at radius 1 is 0.767 bits per heavy atom. The summed E-state index contributed by atoms with van der Waals surface area (Å²) < 4.78 is 36.4. The molecule has 4 rings (SSSR count). The van der Waals surface area contributed by atoms with E-state index in [4.69, 9.17) is 18.9 Å². The number of aliphatic hydroxyl groups excluding tert-OH is 1. The summed E-state index contributed by atoms with van der Waals surface area (Å²) in [5, 5.41) is 14.8. The first kappa shape index (κ1) is 31.6. The Hall–Kier alpha value is -4.31. The van der Waals surface area contributed by atoms with Gasteiger partial charge in [-0.15, -0.1) is 0 Å². The second kappa shape index (κ2) is 13.8. The van der Waals surface area contributed by atoms with Crippen LogP contribution in [0.4, 0.5) is 0 Å². The van der Waals surface area contributed by atoms with Gasteiger partial charge in [-0.3, -0.25) is 19.2 Å². The molecule has 0 aromatic heterocycles. The molecular formula is C31H32NO10P. The number of carbonyl (C=O) groups is 4. The molecule has 1 aliphatic rings. The zero-order valence-electron chi connectivity index (χ0n) is 23.7. The van der Waals surface area contributed by atoms with E-state index in [1.807, 2.05) is 0 Å². The summed E-state index contributed by atoms with van der Waals surface area (Å²) in [4.78, 5) is 49.4. The standard InChI is InChI=1S/C31H32NO10P/c1-19(33)39-18-25-28(40-20(2)34)29(41-21(3)35)27(31(37)42-25)32-30(36)24-16-10-11-17-26(24)43(38,22-12-6-4-7-13-22)23-14-8-5-9-15-23/h4-17,25,27-29,31,37H,18H2,1-3H3,(H,32,36)/t25?,27?,28-,29+,31?/m0/s1. The van der Waals surface area contributed by atoms with Gasteiger partial charge < -0.3 is 33.9 Å². The maximum atomic E-state index is 15.0. The highest BCUT2D eigenvalue weighted by atomic mass is 31.2. The molecule has 43 heavy (non-hydrogen) atoms. The average molecular weight is 610 g/mol. The fourth-order valence-corrected chi connectivity index (χ4v) is 7.80. The number of esters is 3. The van der Waals surface area contributed by atoms with Gasteiger partial charge in [0, 0.05) is 36.7 Å². The summed E-state index contributed by atoms with van der Waals surface area (Å²) in [5.41, 5.74) is 0.0402. The summed E-state index contributed by atoms with van der Waals surface area (Å²) in [6.07, 6.45) is -5.78. The van der Waals surface area contributed by atoms with Crippen molar-refractivity contribution < 1.29 is 47.8 Å². The maximum Gasteiger partial charge on any atom is 0.303 e. The van der Waals surface area contributed by atoms with Gasteiger partial charge >= 0.3 is 17.9 Å². The molecule has 3 aromatic rings. The van der Waals surface area contributed by atoms with Gasteiger partial charge in [-0.1, -0.05) is 78.9 Å². The van der Waals surface area contributed by atoms with Crippen molar-refractivity contribution in [1.82, 2.24) is 5.32 Å². The minimum absolute atomic E-state index is 0.0402. The lowest BCUT2D eigenvalue weighted by Crippen LogP contribution is -2.66. The molecule has 11 nitrogen and oxygen atoms in total. The molecule has 0 radical (unpaired) electrons. The highest BCUT2D eigenvalue weighted by molar-refractivity contribution is 7.85. The molecule has 2 N–H and O–H groups in total. The van der Waals surface area contributed by atoms with E-state index < -0.39 is 68.2 Å². The van der Waals surface area contributed by atoms with E-state index in [2.05, 4.69) is 5.32 Å². The van der Waals surface area contributed by atoms with Crippen molar-refractivity contribution in [2.75, 3.05) is 6.61 Å². The summed E-state index contributed by atoms with van der Waals surface area (Å²) in [6, 6.07) is 22.5. The number of benzene rings is 3. The average Bonchev–Trinajstić information content (AvgIpc) is 2.99. The molecule has 1 heterocycles. The topological polar surface area (TPSA) is 155 Å². The van der Waals surface area contributed by atoms with E-state index in [0.29, 0.717) is 10.6 Å². The summed E-state index contributed by atoms with van der Waals surface area (Å²) in [5.74, 6) is -2.97. The number of hydrogen-bond acceptors (Lipinski definition) is 10. The maximum absolute atomic E-state index is 15.0. The van der Waals surface area contributed by atoms with Gasteiger partial charge in [-0.05, 0) is 6.07 Å². The third-order valence-electron chi connectivity index (χ3n) is 6.75. The molecule has 0 spiro atoms. The third kappa shape index (κ3) is 7.19. The molecule has 1 fully saturated rings. The largest absolute Gasteiger partial charge is 0.463 e. The van der Waals surface area contributed by atoms with Crippen molar-refractivity contribution in [1.29, 1.82) is 0 Å². The lowest BCUT2D eigenvalue weighted by atomic mass is 9.96. The molecule has 3 unspecified atom stereocenters. The fourth-order valence-electron chi connectivity index (χ4n) is 4.95. The molecule has 0 aliphatic carbocycles. The van der Waals surface area contributed by atoms with Gasteiger partial charge in [0.25, 0.3) is 5.91 Å². The fraction of sp³-hybridized carbons (Fsp3) is 0.290. The number of hydrogen-bond donors (Lipinski definition) is 2. The number of aliphatic hydroxyl groups is 1. The van der Waals surface area contributed by atoms with Crippen molar-refractivity contribution in [2.45, 2.75) is 51.4 Å². The van der Waals surface area contributed by atoms with E-state index >= 15 is 4.57 Å². The third-order valence-corrected chi connectivity index (χ3v) is 9.87. The molecule has 1 aliphatic heterocycles. The number of ether oxygens (including phenoxy) is 4. The monoisotopic (exact) mass is 609 g/mol. The molecule has 1 saturated heterocycles. The normalized spacial score (nSPS) is 21.7. The van der Waals surface area contributed by atoms with Crippen LogP contribution in [0, 0.1) is 0 Å². The molecule has 3 aromatic carbocycles. The zero-order valence-corrected chi connectivity index (χ0v) is 24.6. The number of rotatable bonds is 9. The van der Waals surface area contributed by atoms with Crippen LogP contribution in [0.15, 0.2) is 84.9 Å². The Kier molecular flexibility index (Phi) is 10.1. The lowest BCUT2D eigenvalue weighted by molar-refractivity contribution is -0.263. The van der Waals surface area contributed by atoms with Gasteiger partial charge in [0.2, 0.25) is 0 Å².